The fraction of sp³-hybridized carbons (Fsp3) is 0.500. The van der Waals surface area contributed by atoms with Crippen molar-refractivity contribution in [1.29, 1.82) is 0 Å². The lowest BCUT2D eigenvalue weighted by Gasteiger charge is -2.11. The van der Waals surface area contributed by atoms with Crippen LogP contribution in [0.2, 0.25) is 0 Å². The Morgan fingerprint density at radius 1 is 1.57 bits per heavy atom. The van der Waals surface area contributed by atoms with Crippen LogP contribution < -0.4 is 0 Å². The van der Waals surface area contributed by atoms with Crippen molar-refractivity contribution in [3.05, 3.63) is 20.8 Å². The van der Waals surface area contributed by atoms with E-state index < -0.39 is 6.10 Å². The van der Waals surface area contributed by atoms with Crippen LogP contribution in [-0.2, 0) is 11.2 Å². The van der Waals surface area contributed by atoms with Crippen LogP contribution in [0, 0.1) is 5.92 Å². The molecule has 0 radical (unpaired) electrons. The quantitative estimate of drug-likeness (QED) is 0.918. The molecule has 78 valence electrons. The summed E-state index contributed by atoms with van der Waals surface area (Å²) in [6, 6.07) is 3.81. The molecule has 14 heavy (non-hydrogen) atoms. The molecule has 1 rings (SSSR count). The molecular weight excluding hydrogens is 264 g/mol. The first-order valence-corrected chi connectivity index (χ1v) is 6.06. The van der Waals surface area contributed by atoms with Crippen molar-refractivity contribution in [3.8, 4) is 0 Å². The molecular formula is C10H13BrO2S. The van der Waals surface area contributed by atoms with Gasteiger partial charge < -0.3 is 5.11 Å². The topological polar surface area (TPSA) is 37.3 Å². The summed E-state index contributed by atoms with van der Waals surface area (Å²) in [7, 11) is 0. The summed E-state index contributed by atoms with van der Waals surface area (Å²) in [6.07, 6.45) is -0.508. The molecule has 1 atom stereocenters. The first kappa shape index (κ1) is 11.9. The van der Waals surface area contributed by atoms with E-state index in [4.69, 9.17) is 0 Å². The zero-order valence-corrected chi connectivity index (χ0v) is 10.6. The molecule has 1 aromatic heterocycles. The van der Waals surface area contributed by atoms with Gasteiger partial charge in [-0.15, -0.1) is 11.3 Å². The van der Waals surface area contributed by atoms with Crippen LogP contribution in [0.3, 0.4) is 0 Å². The number of hydrogen-bond acceptors (Lipinski definition) is 3. The van der Waals surface area contributed by atoms with Gasteiger partial charge in [0.05, 0.1) is 3.79 Å². The lowest BCUT2D eigenvalue weighted by Crippen LogP contribution is -2.27. The van der Waals surface area contributed by atoms with Crippen LogP contribution in [0.15, 0.2) is 15.9 Å². The Morgan fingerprint density at radius 2 is 2.21 bits per heavy atom. The number of ketones is 1. The Hall–Kier alpha value is -0.190. The van der Waals surface area contributed by atoms with Crippen molar-refractivity contribution < 1.29 is 9.90 Å². The number of aliphatic hydroxyl groups excluding tert-OH is 1. The summed E-state index contributed by atoms with van der Waals surface area (Å²) in [4.78, 5) is 12.5. The minimum Gasteiger partial charge on any atom is -0.385 e. The predicted molar refractivity (Wildman–Crippen MR) is 61.6 cm³/mol. The highest BCUT2D eigenvalue weighted by atomic mass is 79.9. The van der Waals surface area contributed by atoms with Crippen LogP contribution in [0.5, 0.6) is 0 Å². The first-order valence-electron chi connectivity index (χ1n) is 4.45. The van der Waals surface area contributed by atoms with Gasteiger partial charge in [-0.3, -0.25) is 4.79 Å². The molecule has 0 aliphatic heterocycles. The lowest BCUT2D eigenvalue weighted by molar-refractivity contribution is -0.128. The number of carbonyl (C=O) groups is 1. The maximum Gasteiger partial charge on any atom is 0.166 e. The van der Waals surface area contributed by atoms with E-state index in [2.05, 4.69) is 15.9 Å². The molecule has 1 unspecified atom stereocenters. The van der Waals surface area contributed by atoms with E-state index >= 15 is 0 Å². The number of aliphatic hydroxyl groups is 1. The molecule has 4 heteroatoms. The van der Waals surface area contributed by atoms with Gasteiger partial charge in [0.25, 0.3) is 0 Å². The fourth-order valence-corrected chi connectivity index (χ4v) is 2.59. The highest BCUT2D eigenvalue weighted by Crippen LogP contribution is 2.23. The number of halogens is 1. The predicted octanol–water partition coefficient (Wildman–Crippen LogP) is 2.64. The van der Waals surface area contributed by atoms with Crippen LogP contribution in [-0.4, -0.2) is 17.0 Å². The van der Waals surface area contributed by atoms with Gasteiger partial charge in [-0.1, -0.05) is 13.8 Å². The molecule has 0 aliphatic rings. The number of thiophene rings is 1. The zero-order valence-electron chi connectivity index (χ0n) is 8.16. The van der Waals surface area contributed by atoms with Crippen LogP contribution in [0.4, 0.5) is 0 Å². The zero-order chi connectivity index (χ0) is 10.7. The van der Waals surface area contributed by atoms with Crippen molar-refractivity contribution in [1.82, 2.24) is 0 Å². The Labute approximate surface area is 96.1 Å². The highest BCUT2D eigenvalue weighted by molar-refractivity contribution is 9.11. The van der Waals surface area contributed by atoms with E-state index in [9.17, 15) is 9.90 Å². The van der Waals surface area contributed by atoms with E-state index in [-0.39, 0.29) is 11.7 Å². The Kier molecular flexibility index (Phi) is 4.29. The molecule has 1 heterocycles. The summed E-state index contributed by atoms with van der Waals surface area (Å²) in [5.41, 5.74) is 0. The van der Waals surface area contributed by atoms with Crippen LogP contribution >= 0.6 is 27.3 Å². The van der Waals surface area contributed by atoms with E-state index in [1.54, 1.807) is 0 Å². The van der Waals surface area contributed by atoms with E-state index in [1.807, 2.05) is 26.0 Å². The van der Waals surface area contributed by atoms with Gasteiger partial charge in [0, 0.05) is 11.3 Å². The summed E-state index contributed by atoms with van der Waals surface area (Å²) < 4.78 is 1.01. The smallest absolute Gasteiger partial charge is 0.166 e. The number of rotatable bonds is 4. The number of Topliss-reactive ketones (excluding diaryl/α,β-unsaturated/α-hetero) is 1. The van der Waals surface area contributed by atoms with Crippen molar-refractivity contribution in [3.63, 3.8) is 0 Å². The van der Waals surface area contributed by atoms with Crippen molar-refractivity contribution in [2.24, 2.45) is 5.92 Å². The first-order chi connectivity index (χ1) is 6.50. The van der Waals surface area contributed by atoms with Crippen LogP contribution in [0.25, 0.3) is 0 Å². The third-order valence-electron chi connectivity index (χ3n) is 1.94. The second kappa shape index (κ2) is 5.05. The van der Waals surface area contributed by atoms with Crippen molar-refractivity contribution in [2.75, 3.05) is 0 Å². The Balaban J connectivity index is 2.57. The average molecular weight is 277 g/mol. The Bertz CT molecular complexity index is 320. The fourth-order valence-electron chi connectivity index (χ4n) is 1.09. The normalized spacial score (nSPS) is 13.2. The van der Waals surface area contributed by atoms with Crippen molar-refractivity contribution >= 4 is 33.0 Å². The second-order valence-electron chi connectivity index (χ2n) is 3.54. The second-order valence-corrected chi connectivity index (χ2v) is 6.09. The third-order valence-corrected chi connectivity index (χ3v) is 3.56. The van der Waals surface area contributed by atoms with Gasteiger partial charge in [0.15, 0.2) is 5.78 Å². The maximum absolute atomic E-state index is 11.5. The highest BCUT2D eigenvalue weighted by Gasteiger charge is 2.19. The monoisotopic (exact) mass is 276 g/mol. The molecule has 1 aromatic rings. The molecule has 0 fully saturated rings. The molecule has 2 nitrogen and oxygen atoms in total. The number of hydrogen-bond donors (Lipinski definition) is 1. The summed E-state index contributed by atoms with van der Waals surface area (Å²) >= 11 is 4.86. The molecule has 1 N–H and O–H groups in total. The molecule has 0 amide bonds. The SMILES string of the molecule is CC(C)C(O)C(=O)Cc1ccc(Br)s1. The van der Waals surface area contributed by atoms with Gasteiger partial charge in [-0.25, -0.2) is 0 Å². The average Bonchev–Trinajstić information content (AvgIpc) is 2.49. The molecule has 0 spiro atoms. The molecule has 0 saturated carbocycles. The largest absolute Gasteiger partial charge is 0.385 e. The molecule has 0 saturated heterocycles. The molecule has 0 aliphatic carbocycles. The Morgan fingerprint density at radius 3 is 2.64 bits per heavy atom. The summed E-state index contributed by atoms with van der Waals surface area (Å²) in [6.45, 7) is 3.68. The standard InChI is InChI=1S/C10H13BrO2S/c1-6(2)10(13)8(12)5-7-3-4-9(11)14-7/h3-4,6,10,13H,5H2,1-2H3. The van der Waals surface area contributed by atoms with Gasteiger partial charge in [0.2, 0.25) is 0 Å². The lowest BCUT2D eigenvalue weighted by atomic mass is 10.0. The minimum absolute atomic E-state index is 0.00842. The van der Waals surface area contributed by atoms with E-state index in [0.717, 1.165) is 8.66 Å². The summed E-state index contributed by atoms with van der Waals surface area (Å²) in [5, 5.41) is 9.51. The summed E-state index contributed by atoms with van der Waals surface area (Å²) in [5.74, 6) is -0.111. The minimum atomic E-state index is -0.837. The van der Waals surface area contributed by atoms with Gasteiger partial charge in [-0.2, -0.15) is 0 Å². The van der Waals surface area contributed by atoms with Gasteiger partial charge in [0.1, 0.15) is 6.10 Å². The number of carbonyl (C=O) groups excluding carboxylic acids is 1. The third kappa shape index (κ3) is 3.19. The maximum atomic E-state index is 11.5. The molecule has 0 aromatic carbocycles. The van der Waals surface area contributed by atoms with E-state index in [1.165, 1.54) is 11.3 Å². The van der Waals surface area contributed by atoms with Crippen molar-refractivity contribution in [2.45, 2.75) is 26.4 Å². The molecule has 0 bridgehead atoms. The van der Waals surface area contributed by atoms with Gasteiger partial charge in [-0.05, 0) is 34.0 Å². The van der Waals surface area contributed by atoms with E-state index in [0.29, 0.717) is 6.42 Å². The van der Waals surface area contributed by atoms with Gasteiger partial charge >= 0.3 is 0 Å². The van der Waals surface area contributed by atoms with Crippen LogP contribution in [0.1, 0.15) is 18.7 Å².